The van der Waals surface area contributed by atoms with Crippen molar-refractivity contribution < 1.29 is 9.53 Å². The molecule has 0 aliphatic carbocycles. The fraction of sp³-hybridized carbons (Fsp3) is 0.769. The molecular formula is C13H20N4O2. The van der Waals surface area contributed by atoms with Gasteiger partial charge in [-0.3, -0.25) is 4.79 Å². The monoisotopic (exact) mass is 264 g/mol. The van der Waals surface area contributed by atoms with Crippen molar-refractivity contribution in [3.8, 4) is 0 Å². The summed E-state index contributed by atoms with van der Waals surface area (Å²) in [4.78, 5) is 18.8. The fourth-order valence-corrected chi connectivity index (χ4v) is 2.93. The first kappa shape index (κ1) is 12.6. The molecule has 1 saturated heterocycles. The molecule has 6 nitrogen and oxygen atoms in total. The van der Waals surface area contributed by atoms with Crippen LogP contribution in [0.15, 0.2) is 0 Å². The third kappa shape index (κ3) is 2.36. The van der Waals surface area contributed by atoms with Gasteiger partial charge in [0.15, 0.2) is 0 Å². The first-order valence-electron chi connectivity index (χ1n) is 6.96. The molecule has 3 rings (SSSR count). The van der Waals surface area contributed by atoms with Gasteiger partial charge in [0.05, 0.1) is 25.1 Å². The number of ether oxygens (including phenoxy) is 1. The Morgan fingerprint density at radius 3 is 3.05 bits per heavy atom. The number of nitrogens with zero attached hydrogens (tertiary/aromatic N) is 4. The minimum atomic E-state index is 0.00400. The van der Waals surface area contributed by atoms with Crippen LogP contribution in [0.1, 0.15) is 31.4 Å². The Bertz CT molecular complexity index is 485. The topological polar surface area (TPSA) is 60.2 Å². The van der Waals surface area contributed by atoms with Gasteiger partial charge in [0.1, 0.15) is 11.6 Å². The van der Waals surface area contributed by atoms with E-state index in [9.17, 15) is 4.79 Å². The van der Waals surface area contributed by atoms with Crippen molar-refractivity contribution in [3.63, 3.8) is 0 Å². The Hall–Kier alpha value is -1.43. The normalized spacial score (nSPS) is 27.2. The van der Waals surface area contributed by atoms with Crippen LogP contribution >= 0.6 is 0 Å². The fourth-order valence-electron chi connectivity index (χ4n) is 2.93. The standard InChI is InChI=1S/C13H20N4O2/c1-9-11(4-3-7-19-9)13(18)16-5-6-17-12(8-16)14-10(2)15-17/h9,11H,3-8H2,1-2H3/t9-,11-/m1/s1. The zero-order valence-electron chi connectivity index (χ0n) is 11.5. The van der Waals surface area contributed by atoms with E-state index in [1.165, 1.54) is 0 Å². The number of hydrogen-bond acceptors (Lipinski definition) is 4. The predicted molar refractivity (Wildman–Crippen MR) is 68.3 cm³/mol. The van der Waals surface area contributed by atoms with E-state index in [1.807, 2.05) is 23.4 Å². The van der Waals surface area contributed by atoms with E-state index in [1.54, 1.807) is 0 Å². The average molecular weight is 264 g/mol. The lowest BCUT2D eigenvalue weighted by Crippen LogP contribution is -2.46. The molecule has 2 aliphatic heterocycles. The Balaban J connectivity index is 1.71. The summed E-state index contributed by atoms with van der Waals surface area (Å²) in [5.74, 6) is 1.88. The number of aryl methyl sites for hydroxylation is 1. The highest BCUT2D eigenvalue weighted by molar-refractivity contribution is 5.79. The summed E-state index contributed by atoms with van der Waals surface area (Å²) in [6.07, 6.45) is 1.94. The molecule has 1 fully saturated rings. The van der Waals surface area contributed by atoms with E-state index in [2.05, 4.69) is 10.1 Å². The summed E-state index contributed by atoms with van der Waals surface area (Å²) < 4.78 is 7.50. The maximum atomic E-state index is 12.6. The number of amides is 1. The SMILES string of the molecule is Cc1nc2n(n1)CCN(C(=O)[C@@H]1CCCO[C@@H]1C)C2. The molecule has 1 amide bonds. The van der Waals surface area contributed by atoms with Gasteiger partial charge in [0.25, 0.3) is 0 Å². The van der Waals surface area contributed by atoms with Crippen LogP contribution < -0.4 is 0 Å². The minimum absolute atomic E-state index is 0.00400. The third-order valence-corrected chi connectivity index (χ3v) is 4.00. The second-order valence-corrected chi connectivity index (χ2v) is 5.38. The van der Waals surface area contributed by atoms with Gasteiger partial charge in [-0.2, -0.15) is 5.10 Å². The van der Waals surface area contributed by atoms with Crippen molar-refractivity contribution in [3.05, 3.63) is 11.6 Å². The van der Waals surface area contributed by atoms with Crippen molar-refractivity contribution in [1.82, 2.24) is 19.7 Å². The molecule has 19 heavy (non-hydrogen) atoms. The molecule has 0 radical (unpaired) electrons. The van der Waals surface area contributed by atoms with Crippen LogP contribution in [0.5, 0.6) is 0 Å². The maximum absolute atomic E-state index is 12.6. The minimum Gasteiger partial charge on any atom is -0.378 e. The summed E-state index contributed by atoms with van der Waals surface area (Å²) in [6.45, 7) is 6.69. The summed E-state index contributed by atoms with van der Waals surface area (Å²) in [5.41, 5.74) is 0. The molecule has 3 heterocycles. The molecule has 2 aliphatic rings. The molecule has 0 bridgehead atoms. The lowest BCUT2D eigenvalue weighted by Gasteiger charge is -2.34. The van der Waals surface area contributed by atoms with Crippen LogP contribution in [-0.4, -0.2) is 44.8 Å². The lowest BCUT2D eigenvalue weighted by atomic mass is 9.93. The van der Waals surface area contributed by atoms with Crippen LogP contribution in [0.25, 0.3) is 0 Å². The van der Waals surface area contributed by atoms with Crippen LogP contribution in [-0.2, 0) is 22.6 Å². The van der Waals surface area contributed by atoms with Gasteiger partial charge in [-0.1, -0.05) is 0 Å². The molecule has 1 aromatic rings. The summed E-state index contributed by atoms with van der Waals surface area (Å²) in [6, 6.07) is 0. The second-order valence-electron chi connectivity index (χ2n) is 5.38. The van der Waals surface area contributed by atoms with E-state index >= 15 is 0 Å². The van der Waals surface area contributed by atoms with Crippen molar-refractivity contribution in [2.24, 2.45) is 5.92 Å². The van der Waals surface area contributed by atoms with Crippen LogP contribution in [0.2, 0.25) is 0 Å². The highest BCUT2D eigenvalue weighted by Crippen LogP contribution is 2.24. The summed E-state index contributed by atoms with van der Waals surface area (Å²) in [7, 11) is 0. The molecule has 0 N–H and O–H groups in total. The molecule has 0 spiro atoms. The Labute approximate surface area is 112 Å². The zero-order valence-corrected chi connectivity index (χ0v) is 11.5. The lowest BCUT2D eigenvalue weighted by molar-refractivity contribution is -0.145. The van der Waals surface area contributed by atoms with Gasteiger partial charge in [0, 0.05) is 13.2 Å². The summed E-state index contributed by atoms with van der Waals surface area (Å²) >= 11 is 0. The van der Waals surface area contributed by atoms with Crippen molar-refractivity contribution in [2.45, 2.75) is 45.9 Å². The van der Waals surface area contributed by atoms with Gasteiger partial charge in [-0.15, -0.1) is 0 Å². The number of fused-ring (bicyclic) bond motifs is 1. The van der Waals surface area contributed by atoms with E-state index in [0.29, 0.717) is 6.54 Å². The molecular weight excluding hydrogens is 244 g/mol. The highest BCUT2D eigenvalue weighted by Gasteiger charge is 2.33. The molecule has 1 aromatic heterocycles. The summed E-state index contributed by atoms with van der Waals surface area (Å²) in [5, 5.41) is 4.32. The van der Waals surface area contributed by atoms with Gasteiger partial charge < -0.3 is 9.64 Å². The second kappa shape index (κ2) is 4.92. The van der Waals surface area contributed by atoms with Crippen LogP contribution in [0.3, 0.4) is 0 Å². The molecule has 0 saturated carbocycles. The van der Waals surface area contributed by atoms with Crippen LogP contribution in [0.4, 0.5) is 0 Å². The van der Waals surface area contributed by atoms with Gasteiger partial charge in [0.2, 0.25) is 5.91 Å². The molecule has 0 aromatic carbocycles. The average Bonchev–Trinajstić information content (AvgIpc) is 2.77. The Kier molecular flexibility index (Phi) is 3.26. The quantitative estimate of drug-likeness (QED) is 0.751. The number of hydrogen-bond donors (Lipinski definition) is 0. The van der Waals surface area contributed by atoms with Crippen LogP contribution in [0, 0.1) is 12.8 Å². The largest absolute Gasteiger partial charge is 0.378 e. The van der Waals surface area contributed by atoms with E-state index < -0.39 is 0 Å². The first-order valence-corrected chi connectivity index (χ1v) is 6.96. The Morgan fingerprint density at radius 2 is 2.26 bits per heavy atom. The smallest absolute Gasteiger partial charge is 0.228 e. The van der Waals surface area contributed by atoms with Crippen molar-refractivity contribution in [1.29, 1.82) is 0 Å². The van der Waals surface area contributed by atoms with Gasteiger partial charge in [-0.05, 0) is 26.7 Å². The molecule has 104 valence electrons. The molecule has 0 unspecified atom stereocenters. The number of carbonyl (C=O) groups is 1. The molecule has 6 heteroatoms. The maximum Gasteiger partial charge on any atom is 0.228 e. The van der Waals surface area contributed by atoms with Gasteiger partial charge in [-0.25, -0.2) is 9.67 Å². The third-order valence-electron chi connectivity index (χ3n) is 4.00. The van der Waals surface area contributed by atoms with Crippen molar-refractivity contribution in [2.75, 3.05) is 13.2 Å². The first-order chi connectivity index (χ1) is 9.15. The number of carbonyl (C=O) groups excluding carboxylic acids is 1. The highest BCUT2D eigenvalue weighted by atomic mass is 16.5. The van der Waals surface area contributed by atoms with Crippen molar-refractivity contribution >= 4 is 5.91 Å². The van der Waals surface area contributed by atoms with E-state index in [4.69, 9.17) is 4.74 Å². The zero-order chi connectivity index (χ0) is 13.4. The van der Waals surface area contributed by atoms with Gasteiger partial charge >= 0.3 is 0 Å². The molecule has 2 atom stereocenters. The van der Waals surface area contributed by atoms with E-state index in [0.717, 1.165) is 44.2 Å². The number of aromatic nitrogens is 3. The number of rotatable bonds is 1. The Morgan fingerprint density at radius 1 is 1.42 bits per heavy atom. The van der Waals surface area contributed by atoms with E-state index in [-0.39, 0.29) is 17.9 Å². The predicted octanol–water partition coefficient (Wildman–Crippen LogP) is 0.744.